The number of anilines is 2. The molecule has 108 valence electrons. The summed E-state index contributed by atoms with van der Waals surface area (Å²) in [6.07, 6.45) is 3.44. The predicted octanol–water partition coefficient (Wildman–Crippen LogP) is 1.77. The first kappa shape index (κ1) is 13.2. The van der Waals surface area contributed by atoms with Crippen LogP contribution < -0.4 is 20.9 Å². The molecule has 1 saturated heterocycles. The maximum absolute atomic E-state index is 11.8. The summed E-state index contributed by atoms with van der Waals surface area (Å²) in [7, 11) is 0. The van der Waals surface area contributed by atoms with Crippen molar-refractivity contribution in [2.75, 3.05) is 36.4 Å². The van der Waals surface area contributed by atoms with Gasteiger partial charge in [0.2, 0.25) is 0 Å². The molecule has 0 bridgehead atoms. The van der Waals surface area contributed by atoms with Gasteiger partial charge in [0, 0.05) is 43.6 Å². The Morgan fingerprint density at radius 2 is 1.85 bits per heavy atom. The van der Waals surface area contributed by atoms with Crippen molar-refractivity contribution in [3.8, 4) is 0 Å². The van der Waals surface area contributed by atoms with Crippen molar-refractivity contribution in [2.24, 2.45) is 0 Å². The SMILES string of the molecule is O=C(Nc1ccc(N2CCNCC2)cc1)NC1CCC1. The Morgan fingerprint density at radius 3 is 2.45 bits per heavy atom. The Labute approximate surface area is 119 Å². The maximum Gasteiger partial charge on any atom is 0.319 e. The summed E-state index contributed by atoms with van der Waals surface area (Å²) in [6, 6.07) is 8.36. The van der Waals surface area contributed by atoms with E-state index >= 15 is 0 Å². The van der Waals surface area contributed by atoms with E-state index in [1.165, 1.54) is 12.1 Å². The molecule has 1 aliphatic heterocycles. The van der Waals surface area contributed by atoms with E-state index in [4.69, 9.17) is 0 Å². The van der Waals surface area contributed by atoms with Crippen LogP contribution in [0.2, 0.25) is 0 Å². The predicted molar refractivity (Wildman–Crippen MR) is 81.3 cm³/mol. The van der Waals surface area contributed by atoms with Gasteiger partial charge >= 0.3 is 6.03 Å². The Morgan fingerprint density at radius 1 is 1.15 bits per heavy atom. The zero-order valence-electron chi connectivity index (χ0n) is 11.7. The fourth-order valence-electron chi connectivity index (χ4n) is 2.58. The molecule has 1 saturated carbocycles. The molecule has 3 N–H and O–H groups in total. The van der Waals surface area contributed by atoms with Gasteiger partial charge in [0.1, 0.15) is 0 Å². The zero-order valence-corrected chi connectivity index (χ0v) is 11.7. The van der Waals surface area contributed by atoms with Gasteiger partial charge in [0.25, 0.3) is 0 Å². The largest absolute Gasteiger partial charge is 0.369 e. The lowest BCUT2D eigenvalue weighted by molar-refractivity contribution is 0.240. The zero-order chi connectivity index (χ0) is 13.8. The number of hydrogen-bond donors (Lipinski definition) is 3. The van der Waals surface area contributed by atoms with E-state index in [1.807, 2.05) is 12.1 Å². The summed E-state index contributed by atoms with van der Waals surface area (Å²) in [4.78, 5) is 14.1. The van der Waals surface area contributed by atoms with Gasteiger partial charge < -0.3 is 20.9 Å². The van der Waals surface area contributed by atoms with Crippen LogP contribution in [0.15, 0.2) is 24.3 Å². The van der Waals surface area contributed by atoms with Crippen LogP contribution >= 0.6 is 0 Å². The van der Waals surface area contributed by atoms with Crippen LogP contribution in [0.3, 0.4) is 0 Å². The van der Waals surface area contributed by atoms with E-state index in [0.717, 1.165) is 44.7 Å². The minimum Gasteiger partial charge on any atom is -0.369 e. The molecular weight excluding hydrogens is 252 g/mol. The quantitative estimate of drug-likeness (QED) is 0.787. The van der Waals surface area contributed by atoms with Crippen molar-refractivity contribution in [2.45, 2.75) is 25.3 Å². The summed E-state index contributed by atoms with van der Waals surface area (Å²) < 4.78 is 0. The highest BCUT2D eigenvalue weighted by atomic mass is 16.2. The molecule has 0 radical (unpaired) electrons. The number of carbonyl (C=O) groups is 1. The molecule has 1 heterocycles. The van der Waals surface area contributed by atoms with E-state index in [-0.39, 0.29) is 6.03 Å². The van der Waals surface area contributed by atoms with Gasteiger partial charge in [0.05, 0.1) is 0 Å². The van der Waals surface area contributed by atoms with Gasteiger partial charge in [0.15, 0.2) is 0 Å². The highest BCUT2D eigenvalue weighted by Crippen LogP contribution is 2.20. The van der Waals surface area contributed by atoms with Gasteiger partial charge in [-0.3, -0.25) is 0 Å². The fourth-order valence-corrected chi connectivity index (χ4v) is 2.58. The van der Waals surface area contributed by atoms with Crippen LogP contribution in [0.25, 0.3) is 0 Å². The summed E-state index contributed by atoms with van der Waals surface area (Å²) in [5, 5.41) is 9.21. The Hall–Kier alpha value is -1.75. The average Bonchev–Trinajstić information content (AvgIpc) is 2.45. The average molecular weight is 274 g/mol. The molecule has 20 heavy (non-hydrogen) atoms. The first-order chi connectivity index (χ1) is 9.81. The minimum atomic E-state index is -0.0929. The second-order valence-corrected chi connectivity index (χ2v) is 5.51. The van der Waals surface area contributed by atoms with Gasteiger partial charge in [-0.1, -0.05) is 0 Å². The van der Waals surface area contributed by atoms with Gasteiger partial charge in [-0.25, -0.2) is 4.79 Å². The number of urea groups is 1. The minimum absolute atomic E-state index is 0.0929. The van der Waals surface area contributed by atoms with Crippen molar-refractivity contribution in [1.82, 2.24) is 10.6 Å². The van der Waals surface area contributed by atoms with Gasteiger partial charge in [-0.05, 0) is 43.5 Å². The van der Waals surface area contributed by atoms with E-state index in [2.05, 4.69) is 33.0 Å². The van der Waals surface area contributed by atoms with E-state index < -0.39 is 0 Å². The molecule has 5 heteroatoms. The molecule has 0 atom stereocenters. The number of rotatable bonds is 3. The number of benzene rings is 1. The standard InChI is InChI=1S/C15H22N4O/c20-15(17-12-2-1-3-12)18-13-4-6-14(7-5-13)19-10-8-16-9-11-19/h4-7,12,16H,1-3,8-11H2,(H2,17,18,20). The normalized spacial score (nSPS) is 19.3. The molecule has 2 fully saturated rings. The van der Waals surface area contributed by atoms with Gasteiger partial charge in [-0.15, -0.1) is 0 Å². The highest BCUT2D eigenvalue weighted by Gasteiger charge is 2.19. The molecule has 0 spiro atoms. The number of nitrogens with zero attached hydrogens (tertiary/aromatic N) is 1. The van der Waals surface area contributed by atoms with Crippen molar-refractivity contribution >= 4 is 17.4 Å². The topological polar surface area (TPSA) is 56.4 Å². The van der Waals surface area contributed by atoms with Gasteiger partial charge in [-0.2, -0.15) is 0 Å². The molecule has 2 aliphatic rings. The lowest BCUT2D eigenvalue weighted by Crippen LogP contribution is -2.43. The summed E-state index contributed by atoms with van der Waals surface area (Å²) in [5.74, 6) is 0. The smallest absolute Gasteiger partial charge is 0.319 e. The van der Waals surface area contributed by atoms with E-state index in [0.29, 0.717) is 6.04 Å². The molecule has 3 rings (SSSR count). The number of carbonyl (C=O) groups excluding carboxylic acids is 1. The lowest BCUT2D eigenvalue weighted by Gasteiger charge is -2.29. The summed E-state index contributed by atoms with van der Waals surface area (Å²) in [5.41, 5.74) is 2.07. The molecule has 5 nitrogen and oxygen atoms in total. The number of hydrogen-bond acceptors (Lipinski definition) is 3. The van der Waals surface area contributed by atoms with Crippen molar-refractivity contribution in [3.63, 3.8) is 0 Å². The second-order valence-electron chi connectivity index (χ2n) is 5.51. The van der Waals surface area contributed by atoms with Crippen molar-refractivity contribution in [1.29, 1.82) is 0 Å². The molecule has 0 aromatic heterocycles. The van der Waals surface area contributed by atoms with Crippen LogP contribution in [0.1, 0.15) is 19.3 Å². The van der Waals surface area contributed by atoms with Crippen molar-refractivity contribution < 1.29 is 4.79 Å². The monoisotopic (exact) mass is 274 g/mol. The lowest BCUT2D eigenvalue weighted by atomic mass is 9.93. The Balaban J connectivity index is 1.53. The maximum atomic E-state index is 11.8. The molecule has 0 unspecified atom stereocenters. The number of amides is 2. The first-order valence-electron chi connectivity index (χ1n) is 7.44. The van der Waals surface area contributed by atoms with Crippen LogP contribution in [0, 0.1) is 0 Å². The second kappa shape index (κ2) is 6.13. The molecular formula is C15H22N4O. The summed E-state index contributed by atoms with van der Waals surface area (Å²) >= 11 is 0. The molecule has 1 aromatic rings. The van der Waals surface area contributed by atoms with Crippen LogP contribution in [0.5, 0.6) is 0 Å². The first-order valence-corrected chi connectivity index (χ1v) is 7.44. The van der Waals surface area contributed by atoms with Crippen LogP contribution in [-0.2, 0) is 0 Å². The third-order valence-electron chi connectivity index (χ3n) is 4.05. The van der Waals surface area contributed by atoms with Crippen molar-refractivity contribution in [3.05, 3.63) is 24.3 Å². The fraction of sp³-hybridized carbons (Fsp3) is 0.533. The number of piperazine rings is 1. The van der Waals surface area contributed by atoms with Crippen LogP contribution in [0.4, 0.5) is 16.2 Å². The third kappa shape index (κ3) is 3.22. The number of nitrogens with one attached hydrogen (secondary N) is 3. The Bertz CT molecular complexity index is 449. The van der Waals surface area contributed by atoms with Crippen LogP contribution in [-0.4, -0.2) is 38.3 Å². The third-order valence-corrected chi connectivity index (χ3v) is 4.05. The highest BCUT2D eigenvalue weighted by molar-refractivity contribution is 5.89. The van der Waals surface area contributed by atoms with E-state index in [9.17, 15) is 4.79 Å². The summed E-state index contributed by atoms with van der Waals surface area (Å²) in [6.45, 7) is 4.14. The van der Waals surface area contributed by atoms with E-state index in [1.54, 1.807) is 0 Å². The molecule has 1 aromatic carbocycles. The molecule has 1 aliphatic carbocycles. The Kier molecular flexibility index (Phi) is 4.06. The molecule has 2 amide bonds.